The summed E-state index contributed by atoms with van der Waals surface area (Å²) in [5, 5.41) is 0. The molecule has 146 valence electrons. The lowest BCUT2D eigenvalue weighted by Gasteiger charge is -2.37. The second-order valence-corrected chi connectivity index (χ2v) is 7.59. The zero-order valence-corrected chi connectivity index (χ0v) is 18.2. The highest BCUT2D eigenvalue weighted by Gasteiger charge is 2.50. The van der Waals surface area contributed by atoms with E-state index in [0.29, 0.717) is 6.04 Å². The first-order valence-corrected chi connectivity index (χ1v) is 9.56. The fourth-order valence-corrected chi connectivity index (χ4v) is 4.83. The maximum atomic E-state index is 13.1. The first kappa shape index (κ1) is 20.6. The van der Waals surface area contributed by atoms with Crippen LogP contribution < -0.4 is 34.3 Å². The van der Waals surface area contributed by atoms with Gasteiger partial charge in [0, 0.05) is 0 Å². The number of nitrogens with zero attached hydrogens (tertiary/aromatic N) is 2. The number of nitrogens with two attached hydrogens (primary N) is 1. The van der Waals surface area contributed by atoms with Gasteiger partial charge in [-0.2, -0.15) is 0 Å². The lowest BCUT2D eigenvalue weighted by molar-refractivity contribution is -0.721. The van der Waals surface area contributed by atoms with Crippen LogP contribution in [0.3, 0.4) is 0 Å². The van der Waals surface area contributed by atoms with Gasteiger partial charge in [-0.3, -0.25) is 4.79 Å². The predicted molar refractivity (Wildman–Crippen MR) is 105 cm³/mol. The summed E-state index contributed by atoms with van der Waals surface area (Å²) in [5.41, 5.74) is 7.34. The zero-order valence-electron chi connectivity index (χ0n) is 16.0. The van der Waals surface area contributed by atoms with Crippen molar-refractivity contribution in [2.75, 3.05) is 0 Å². The van der Waals surface area contributed by atoms with Crippen LogP contribution in [0.1, 0.15) is 36.4 Å². The van der Waals surface area contributed by atoms with Crippen LogP contribution in [0.2, 0.25) is 0 Å². The molecule has 0 aliphatic heterocycles. The molecule has 1 fully saturated rings. The fraction of sp³-hybridized carbons (Fsp3) is 0.304. The van der Waals surface area contributed by atoms with Gasteiger partial charge in [-0.1, -0.05) is 60.7 Å². The summed E-state index contributed by atoms with van der Waals surface area (Å²) in [6.45, 7) is 0. The molecule has 1 amide bonds. The summed E-state index contributed by atoms with van der Waals surface area (Å²) in [5.74, 6) is -0.0962. The molecule has 1 aliphatic rings. The van der Waals surface area contributed by atoms with E-state index in [-0.39, 0.29) is 35.8 Å². The number of hydrogen-bond donors (Lipinski definition) is 1. The lowest BCUT2D eigenvalue weighted by Crippen LogP contribution is -3.00. The van der Waals surface area contributed by atoms with Gasteiger partial charge in [-0.25, -0.2) is 9.13 Å². The van der Waals surface area contributed by atoms with Crippen molar-refractivity contribution in [1.82, 2.24) is 4.57 Å². The molecule has 0 radical (unpaired) electrons. The summed E-state index contributed by atoms with van der Waals surface area (Å²) in [4.78, 5) is 13.1. The zero-order chi connectivity index (χ0) is 18.9. The molecular weight excluding hydrogens is 461 g/mol. The average Bonchev–Trinajstić information content (AvgIpc) is 3.33. The molecule has 0 bridgehead atoms. The SMILES string of the molecule is Cn1cc[n+]([C@H]2CC[C@@H](C(C(N)=O)(c3ccccc3)c3ccccc3)C2)c1.[I-]. The van der Waals surface area contributed by atoms with Gasteiger partial charge >= 0.3 is 0 Å². The normalized spacial score (nSPS) is 19.2. The Hall–Kier alpha value is -2.15. The number of carbonyl (C=O) groups excluding carboxylic acids is 1. The second kappa shape index (κ2) is 8.47. The van der Waals surface area contributed by atoms with E-state index < -0.39 is 5.41 Å². The number of benzene rings is 2. The van der Waals surface area contributed by atoms with Crippen LogP contribution in [0.15, 0.2) is 79.4 Å². The minimum Gasteiger partial charge on any atom is -1.00 e. The van der Waals surface area contributed by atoms with Crippen LogP contribution in [0, 0.1) is 5.92 Å². The van der Waals surface area contributed by atoms with Crippen LogP contribution in [0.25, 0.3) is 0 Å². The van der Waals surface area contributed by atoms with Crippen molar-refractivity contribution in [2.45, 2.75) is 30.7 Å². The van der Waals surface area contributed by atoms with Gasteiger partial charge < -0.3 is 29.7 Å². The summed E-state index contributed by atoms with van der Waals surface area (Å²) < 4.78 is 4.32. The van der Waals surface area contributed by atoms with Gasteiger partial charge in [0.25, 0.3) is 0 Å². The van der Waals surface area contributed by atoms with E-state index in [9.17, 15) is 4.79 Å². The average molecular weight is 487 g/mol. The largest absolute Gasteiger partial charge is 1.00 e. The van der Waals surface area contributed by atoms with Crippen LogP contribution in [0.5, 0.6) is 0 Å². The van der Waals surface area contributed by atoms with E-state index in [1.54, 1.807) is 0 Å². The third-order valence-electron chi connectivity index (χ3n) is 6.08. The highest BCUT2D eigenvalue weighted by molar-refractivity contribution is 5.91. The molecule has 1 aromatic heterocycles. The van der Waals surface area contributed by atoms with Gasteiger partial charge in [-0.05, 0) is 36.3 Å². The number of amides is 1. The molecule has 5 heteroatoms. The van der Waals surface area contributed by atoms with Crippen molar-refractivity contribution in [3.63, 3.8) is 0 Å². The van der Waals surface area contributed by atoms with Gasteiger partial charge in [0.15, 0.2) is 0 Å². The van der Waals surface area contributed by atoms with Gasteiger partial charge in [0.1, 0.15) is 23.9 Å². The van der Waals surface area contributed by atoms with E-state index in [1.807, 2.05) is 67.7 Å². The molecule has 1 aliphatic carbocycles. The number of aryl methyl sites for hydroxylation is 1. The van der Waals surface area contributed by atoms with Crippen LogP contribution in [-0.2, 0) is 17.3 Å². The van der Waals surface area contributed by atoms with E-state index in [4.69, 9.17) is 5.73 Å². The molecule has 4 rings (SSSR count). The Morgan fingerprint density at radius 1 is 1.04 bits per heavy atom. The molecule has 0 saturated heterocycles. The summed E-state index contributed by atoms with van der Waals surface area (Å²) in [7, 11) is 2.03. The molecule has 3 aromatic rings. The summed E-state index contributed by atoms with van der Waals surface area (Å²) in [6, 6.07) is 20.5. The van der Waals surface area contributed by atoms with E-state index in [1.165, 1.54) is 0 Å². The number of imidazole rings is 1. The Bertz CT molecular complexity index is 884. The Kier molecular flexibility index (Phi) is 6.23. The van der Waals surface area contributed by atoms with Crippen LogP contribution >= 0.6 is 0 Å². The van der Waals surface area contributed by atoms with Crippen LogP contribution in [-0.4, -0.2) is 10.5 Å². The third kappa shape index (κ3) is 3.48. The molecule has 2 N–H and O–H groups in total. The fourth-order valence-electron chi connectivity index (χ4n) is 4.83. The molecule has 1 heterocycles. The van der Waals surface area contributed by atoms with E-state index in [2.05, 4.69) is 27.9 Å². The number of rotatable bonds is 5. The topological polar surface area (TPSA) is 51.9 Å². The maximum absolute atomic E-state index is 13.1. The Labute approximate surface area is 183 Å². The molecule has 4 nitrogen and oxygen atoms in total. The minimum atomic E-state index is -0.799. The second-order valence-electron chi connectivity index (χ2n) is 7.59. The number of hydrogen-bond acceptors (Lipinski definition) is 1. The van der Waals surface area contributed by atoms with Crippen LogP contribution in [0.4, 0.5) is 0 Å². The summed E-state index contributed by atoms with van der Waals surface area (Å²) >= 11 is 0. The van der Waals surface area contributed by atoms with Crippen molar-refractivity contribution in [3.05, 3.63) is 90.5 Å². The first-order valence-electron chi connectivity index (χ1n) is 9.56. The number of primary amides is 1. The molecule has 0 spiro atoms. The van der Waals surface area contributed by atoms with Crippen molar-refractivity contribution in [2.24, 2.45) is 18.7 Å². The molecule has 0 unspecified atom stereocenters. The minimum absolute atomic E-state index is 0. The molecule has 1 saturated carbocycles. The Morgan fingerprint density at radius 3 is 2.07 bits per heavy atom. The van der Waals surface area contributed by atoms with Crippen molar-refractivity contribution >= 4 is 5.91 Å². The van der Waals surface area contributed by atoms with Gasteiger partial charge in [0.2, 0.25) is 12.2 Å². The Balaban J connectivity index is 0.00000225. The van der Waals surface area contributed by atoms with Gasteiger partial charge in [-0.15, -0.1) is 0 Å². The van der Waals surface area contributed by atoms with Crippen molar-refractivity contribution < 1.29 is 33.3 Å². The number of halogens is 1. The third-order valence-corrected chi connectivity index (χ3v) is 6.08. The maximum Gasteiger partial charge on any atom is 0.243 e. The first-order chi connectivity index (χ1) is 13.1. The molecule has 28 heavy (non-hydrogen) atoms. The molecule has 2 aromatic carbocycles. The summed E-state index contributed by atoms with van der Waals surface area (Å²) in [6.07, 6.45) is 9.24. The predicted octanol–water partition coefficient (Wildman–Crippen LogP) is 0.129. The van der Waals surface area contributed by atoms with Crippen molar-refractivity contribution in [1.29, 1.82) is 0 Å². The molecular formula is C23H26IN3O. The van der Waals surface area contributed by atoms with Crippen molar-refractivity contribution in [3.8, 4) is 0 Å². The Morgan fingerprint density at radius 2 is 1.61 bits per heavy atom. The number of carbonyl (C=O) groups is 1. The molecule has 2 atom stereocenters. The smallest absolute Gasteiger partial charge is 0.243 e. The van der Waals surface area contributed by atoms with E-state index >= 15 is 0 Å². The number of aromatic nitrogens is 2. The highest BCUT2D eigenvalue weighted by atomic mass is 127. The highest BCUT2D eigenvalue weighted by Crippen LogP contribution is 2.48. The van der Waals surface area contributed by atoms with E-state index in [0.717, 1.165) is 30.4 Å². The standard InChI is InChI=1S/C23H25N3O.HI/c1-25-14-15-26(17-25)21-13-12-20(16-21)23(22(24)27,18-8-4-2-5-9-18)19-10-6-3-7-11-19;/h2-11,14-15,17,20-21H,12-13,16H2,1H3,(H-,24,27);1H/t20-,21+;/m1./s1. The van der Waals surface area contributed by atoms with Gasteiger partial charge in [0.05, 0.1) is 7.05 Å². The quantitative estimate of drug-likeness (QED) is 0.404. The monoisotopic (exact) mass is 487 g/mol. The lowest BCUT2D eigenvalue weighted by atomic mass is 9.64.